The van der Waals surface area contributed by atoms with Gasteiger partial charge < -0.3 is 10.1 Å². The molecule has 3 aromatic carbocycles. The number of carbonyl (C=O) groups excluding carboxylic acids is 2. The summed E-state index contributed by atoms with van der Waals surface area (Å²) in [6.07, 6.45) is 1.22. The molecule has 0 saturated heterocycles. The Balaban J connectivity index is 1.80. The molecule has 0 heterocycles. The second-order valence-corrected chi connectivity index (χ2v) is 7.45. The average Bonchev–Trinajstić information content (AvgIpc) is 2.79. The summed E-state index contributed by atoms with van der Waals surface area (Å²) in [5.74, 6) is -2.16. The summed E-state index contributed by atoms with van der Waals surface area (Å²) in [5.41, 5.74) is -0.461. The van der Waals surface area contributed by atoms with Gasteiger partial charge in [0.25, 0.3) is 11.6 Å². The number of nitro benzene ring substituents is 1. The smallest absolute Gasteiger partial charge is 0.343 e. The summed E-state index contributed by atoms with van der Waals surface area (Å²) >= 11 is 12.0. The number of benzene rings is 3. The Hall–Kier alpha value is -4.26. The molecule has 0 spiro atoms. The van der Waals surface area contributed by atoms with E-state index >= 15 is 0 Å². The second-order valence-electron chi connectivity index (χ2n) is 6.64. The van der Waals surface area contributed by atoms with Gasteiger partial charge in [0.2, 0.25) is 0 Å². The van der Waals surface area contributed by atoms with Crippen molar-refractivity contribution in [2.75, 3.05) is 5.32 Å². The number of amides is 1. The molecule has 0 aliphatic rings. The lowest BCUT2D eigenvalue weighted by atomic mass is 10.1. The number of halogens is 3. The number of carbonyl (C=O) groups is 2. The van der Waals surface area contributed by atoms with Crippen LogP contribution in [0.25, 0.3) is 6.08 Å². The first kappa shape index (κ1) is 24.4. The van der Waals surface area contributed by atoms with E-state index in [2.05, 4.69) is 5.32 Å². The Morgan fingerprint density at radius 3 is 2.38 bits per heavy atom. The number of non-ortho nitro benzene ring substituents is 1. The van der Waals surface area contributed by atoms with E-state index in [1.54, 1.807) is 12.1 Å². The van der Waals surface area contributed by atoms with E-state index in [9.17, 15) is 29.4 Å². The first-order chi connectivity index (χ1) is 16.2. The molecule has 0 unspecified atom stereocenters. The second kappa shape index (κ2) is 10.6. The van der Waals surface area contributed by atoms with E-state index in [0.29, 0.717) is 5.56 Å². The molecule has 1 N–H and O–H groups in total. The van der Waals surface area contributed by atoms with Gasteiger partial charge in [-0.25, -0.2) is 9.18 Å². The van der Waals surface area contributed by atoms with Crippen LogP contribution >= 0.6 is 23.2 Å². The van der Waals surface area contributed by atoms with Crippen molar-refractivity contribution in [1.29, 1.82) is 5.26 Å². The number of nitro groups is 1. The minimum Gasteiger partial charge on any atom is -0.423 e. The number of hydrogen-bond donors (Lipinski definition) is 1. The first-order valence-corrected chi connectivity index (χ1v) is 10.1. The summed E-state index contributed by atoms with van der Waals surface area (Å²) < 4.78 is 18.5. The predicted molar refractivity (Wildman–Crippen MR) is 123 cm³/mol. The number of ether oxygens (including phenoxy) is 1. The molecule has 3 aromatic rings. The van der Waals surface area contributed by atoms with Crippen LogP contribution in [-0.2, 0) is 4.79 Å². The predicted octanol–water partition coefficient (Wildman–Crippen LogP) is 5.81. The number of nitrogens with one attached hydrogen (secondary N) is 1. The Morgan fingerprint density at radius 1 is 1.09 bits per heavy atom. The Kier molecular flexibility index (Phi) is 7.58. The van der Waals surface area contributed by atoms with Gasteiger partial charge in [0.1, 0.15) is 23.2 Å². The van der Waals surface area contributed by atoms with Crippen molar-refractivity contribution in [3.05, 3.63) is 103 Å². The van der Waals surface area contributed by atoms with Gasteiger partial charge in [-0.1, -0.05) is 41.4 Å². The maximum atomic E-state index is 13.3. The van der Waals surface area contributed by atoms with Crippen LogP contribution in [0.1, 0.15) is 15.9 Å². The van der Waals surface area contributed by atoms with Crippen molar-refractivity contribution >= 4 is 52.5 Å². The monoisotopic (exact) mass is 499 g/mol. The molecular formula is C23H12Cl2FN3O5. The van der Waals surface area contributed by atoms with E-state index in [1.807, 2.05) is 0 Å². The van der Waals surface area contributed by atoms with Crippen molar-refractivity contribution in [2.24, 2.45) is 0 Å². The molecule has 0 saturated carbocycles. The standard InChI is InChI=1S/C23H12Cl2FN3O5/c24-19-10-17(29(32)33)11-20(25)21(19)28-22(30)15(12-27)7-13-3-1-6-18(8-13)34-23(31)14-4-2-5-16(26)9-14/h1-11H,(H,28,30)/b15-7+. The summed E-state index contributed by atoms with van der Waals surface area (Å²) in [6, 6.07) is 14.7. The van der Waals surface area contributed by atoms with E-state index in [0.717, 1.165) is 18.2 Å². The molecule has 0 radical (unpaired) electrons. The fraction of sp³-hybridized carbons (Fsp3) is 0. The number of nitriles is 1. The summed E-state index contributed by atoms with van der Waals surface area (Å²) in [5, 5.41) is 22.3. The number of nitrogens with zero attached hydrogens (tertiary/aromatic N) is 2. The van der Waals surface area contributed by atoms with E-state index in [1.165, 1.54) is 42.5 Å². The van der Waals surface area contributed by atoms with Crippen LogP contribution in [0.5, 0.6) is 5.75 Å². The van der Waals surface area contributed by atoms with Gasteiger partial charge in [0.05, 0.1) is 26.2 Å². The molecule has 0 aliphatic heterocycles. The zero-order valence-electron chi connectivity index (χ0n) is 16.9. The fourth-order valence-electron chi connectivity index (χ4n) is 2.73. The quantitative estimate of drug-likeness (QED) is 0.114. The number of rotatable bonds is 6. The van der Waals surface area contributed by atoms with Crippen LogP contribution < -0.4 is 10.1 Å². The zero-order chi connectivity index (χ0) is 24.8. The highest BCUT2D eigenvalue weighted by molar-refractivity contribution is 6.40. The van der Waals surface area contributed by atoms with E-state index < -0.39 is 22.6 Å². The molecule has 0 bridgehead atoms. The average molecular weight is 500 g/mol. The third-order valence-electron chi connectivity index (χ3n) is 4.28. The lowest BCUT2D eigenvalue weighted by molar-refractivity contribution is -0.384. The Labute approximate surface area is 201 Å². The third-order valence-corrected chi connectivity index (χ3v) is 4.88. The fourth-order valence-corrected chi connectivity index (χ4v) is 3.30. The van der Waals surface area contributed by atoms with Crippen LogP contribution in [-0.4, -0.2) is 16.8 Å². The maximum Gasteiger partial charge on any atom is 0.343 e. The zero-order valence-corrected chi connectivity index (χ0v) is 18.4. The van der Waals surface area contributed by atoms with Crippen molar-refractivity contribution in [3.8, 4) is 11.8 Å². The van der Waals surface area contributed by atoms with Gasteiger partial charge in [0, 0.05) is 12.1 Å². The van der Waals surface area contributed by atoms with Gasteiger partial charge in [-0.15, -0.1) is 0 Å². The number of hydrogen-bond acceptors (Lipinski definition) is 6. The van der Waals surface area contributed by atoms with Crippen molar-refractivity contribution in [3.63, 3.8) is 0 Å². The van der Waals surface area contributed by atoms with E-state index in [-0.39, 0.29) is 38.3 Å². The van der Waals surface area contributed by atoms with Crippen LogP contribution in [0, 0.1) is 27.3 Å². The van der Waals surface area contributed by atoms with Crippen LogP contribution in [0.2, 0.25) is 10.0 Å². The molecule has 8 nitrogen and oxygen atoms in total. The van der Waals surface area contributed by atoms with Crippen LogP contribution in [0.3, 0.4) is 0 Å². The SMILES string of the molecule is N#C/C(=C\c1cccc(OC(=O)c2cccc(F)c2)c1)C(=O)Nc1c(Cl)cc([N+](=O)[O-])cc1Cl. The lowest BCUT2D eigenvalue weighted by Crippen LogP contribution is -2.14. The van der Waals surface area contributed by atoms with Gasteiger partial charge in [-0.3, -0.25) is 14.9 Å². The molecule has 0 aliphatic carbocycles. The molecule has 170 valence electrons. The third kappa shape index (κ3) is 5.95. The Bertz CT molecular complexity index is 1360. The van der Waals surface area contributed by atoms with Gasteiger partial charge in [-0.05, 0) is 42.0 Å². The largest absolute Gasteiger partial charge is 0.423 e. The van der Waals surface area contributed by atoms with Crippen molar-refractivity contribution in [1.82, 2.24) is 0 Å². The molecule has 0 atom stereocenters. The maximum absolute atomic E-state index is 13.3. The van der Waals surface area contributed by atoms with Crippen molar-refractivity contribution < 1.29 is 23.6 Å². The number of anilines is 1. The van der Waals surface area contributed by atoms with Gasteiger partial charge in [0.15, 0.2) is 0 Å². The molecule has 1 amide bonds. The normalized spacial score (nSPS) is 10.8. The number of esters is 1. The molecule has 3 rings (SSSR count). The summed E-state index contributed by atoms with van der Waals surface area (Å²) in [6.45, 7) is 0. The van der Waals surface area contributed by atoms with Gasteiger partial charge >= 0.3 is 5.97 Å². The molecule has 0 fully saturated rings. The highest BCUT2D eigenvalue weighted by Gasteiger charge is 2.18. The van der Waals surface area contributed by atoms with Gasteiger partial charge in [-0.2, -0.15) is 5.26 Å². The van der Waals surface area contributed by atoms with Crippen LogP contribution in [0.15, 0.2) is 66.2 Å². The first-order valence-electron chi connectivity index (χ1n) is 9.32. The highest BCUT2D eigenvalue weighted by atomic mass is 35.5. The Morgan fingerprint density at radius 2 is 1.76 bits per heavy atom. The van der Waals surface area contributed by atoms with E-state index in [4.69, 9.17) is 27.9 Å². The summed E-state index contributed by atoms with van der Waals surface area (Å²) in [4.78, 5) is 35.0. The lowest BCUT2D eigenvalue weighted by Gasteiger charge is -2.09. The highest BCUT2D eigenvalue weighted by Crippen LogP contribution is 2.35. The molecule has 34 heavy (non-hydrogen) atoms. The minimum atomic E-state index is -0.873. The summed E-state index contributed by atoms with van der Waals surface area (Å²) in [7, 11) is 0. The minimum absolute atomic E-state index is 0.00916. The molecular weight excluding hydrogens is 488 g/mol. The molecule has 0 aromatic heterocycles. The van der Waals surface area contributed by atoms with Crippen molar-refractivity contribution in [2.45, 2.75) is 0 Å². The van der Waals surface area contributed by atoms with Crippen LogP contribution in [0.4, 0.5) is 15.8 Å². The molecule has 11 heteroatoms. The topological polar surface area (TPSA) is 122 Å².